The van der Waals surface area contributed by atoms with E-state index in [4.69, 9.17) is 4.74 Å². The Hall–Kier alpha value is -3.42. The third kappa shape index (κ3) is 5.88. The fraction of sp³-hybridized carbons (Fsp3) is 0.192. The third-order valence-corrected chi connectivity index (χ3v) is 7.07. The zero-order valence-corrected chi connectivity index (χ0v) is 19.0. The van der Waals surface area contributed by atoms with Crippen LogP contribution in [0.3, 0.4) is 0 Å². The molecule has 0 bridgehead atoms. The fourth-order valence-corrected chi connectivity index (χ4v) is 4.86. The summed E-state index contributed by atoms with van der Waals surface area (Å²) in [4.78, 5) is 14.4. The number of rotatable bonds is 7. The molecule has 1 fully saturated rings. The predicted octanol–water partition coefficient (Wildman–Crippen LogP) is 3.88. The van der Waals surface area contributed by atoms with E-state index in [9.17, 15) is 13.2 Å². The van der Waals surface area contributed by atoms with Crippen molar-refractivity contribution < 1.29 is 17.9 Å². The lowest BCUT2D eigenvalue weighted by Gasteiger charge is -2.33. The van der Waals surface area contributed by atoms with Crippen LogP contribution in [0.2, 0.25) is 0 Å². The Bertz CT molecular complexity index is 1200. The average molecular weight is 463 g/mol. The van der Waals surface area contributed by atoms with Gasteiger partial charge >= 0.3 is 0 Å². The third-order valence-electron chi connectivity index (χ3n) is 5.51. The summed E-state index contributed by atoms with van der Waals surface area (Å²) in [5, 5.41) is 1.23. The van der Waals surface area contributed by atoms with Crippen LogP contribution >= 0.6 is 0 Å². The lowest BCUT2D eigenvalue weighted by atomic mass is 10.1. The molecule has 1 aliphatic rings. The van der Waals surface area contributed by atoms with E-state index in [1.54, 1.807) is 11.0 Å². The standard InChI is InChI=1S/C26H26N2O4S/c29-26(21-32-25-14-8-7-13-24(25)23-11-5-2-6-12-23)27-16-18-28(19-17-27)33(30,31)20-15-22-9-3-1-4-10-22/h1-15,20H,16-19,21H2. The number of piperazine rings is 1. The maximum atomic E-state index is 12.7. The molecule has 6 nitrogen and oxygen atoms in total. The molecule has 0 unspecified atom stereocenters. The minimum Gasteiger partial charge on any atom is -0.483 e. The molecule has 0 N–H and O–H groups in total. The van der Waals surface area contributed by atoms with Gasteiger partial charge in [-0.1, -0.05) is 78.9 Å². The molecular formula is C26H26N2O4S. The number of nitrogens with zero attached hydrogens (tertiary/aromatic N) is 2. The fourth-order valence-electron chi connectivity index (χ4n) is 3.69. The second-order valence-electron chi connectivity index (χ2n) is 7.69. The molecule has 7 heteroatoms. The number of carbonyl (C=O) groups is 1. The Morgan fingerprint density at radius 1 is 0.818 bits per heavy atom. The summed E-state index contributed by atoms with van der Waals surface area (Å²) in [5.41, 5.74) is 2.76. The van der Waals surface area contributed by atoms with Gasteiger partial charge in [-0.25, -0.2) is 8.42 Å². The zero-order valence-electron chi connectivity index (χ0n) is 18.2. The van der Waals surface area contributed by atoms with Crippen molar-refractivity contribution in [1.82, 2.24) is 9.21 Å². The quantitative estimate of drug-likeness (QED) is 0.535. The number of hydrogen-bond acceptors (Lipinski definition) is 4. The van der Waals surface area contributed by atoms with Crippen molar-refractivity contribution >= 4 is 22.0 Å². The van der Waals surface area contributed by atoms with E-state index in [1.165, 1.54) is 9.71 Å². The number of hydrogen-bond donors (Lipinski definition) is 0. The molecule has 4 rings (SSSR count). The average Bonchev–Trinajstić information content (AvgIpc) is 2.87. The number of para-hydroxylation sites is 1. The molecule has 0 saturated carbocycles. The van der Waals surface area contributed by atoms with Crippen molar-refractivity contribution in [2.45, 2.75) is 0 Å². The summed E-state index contributed by atoms with van der Waals surface area (Å²) in [5.74, 6) is 0.485. The van der Waals surface area contributed by atoms with Crippen LogP contribution in [-0.4, -0.2) is 56.3 Å². The highest BCUT2D eigenvalue weighted by molar-refractivity contribution is 7.92. The molecule has 1 heterocycles. The second kappa shape index (κ2) is 10.5. The van der Waals surface area contributed by atoms with Crippen LogP contribution in [0, 0.1) is 0 Å². The van der Waals surface area contributed by atoms with Crippen LogP contribution < -0.4 is 4.74 Å². The van der Waals surface area contributed by atoms with E-state index in [0.29, 0.717) is 18.8 Å². The van der Waals surface area contributed by atoms with Crippen molar-refractivity contribution in [2.75, 3.05) is 32.8 Å². The molecule has 0 aliphatic carbocycles. The van der Waals surface area contributed by atoms with Gasteiger partial charge in [0.15, 0.2) is 6.61 Å². The second-order valence-corrected chi connectivity index (χ2v) is 9.51. The summed E-state index contributed by atoms with van der Waals surface area (Å²) in [6.07, 6.45) is 1.59. The molecule has 0 aromatic heterocycles. The van der Waals surface area contributed by atoms with Gasteiger partial charge in [-0.05, 0) is 23.3 Å². The monoisotopic (exact) mass is 462 g/mol. The highest BCUT2D eigenvalue weighted by atomic mass is 32.2. The minimum absolute atomic E-state index is 0.0928. The first-order valence-electron chi connectivity index (χ1n) is 10.8. The molecule has 3 aromatic rings. The number of ether oxygens (including phenoxy) is 1. The minimum atomic E-state index is -3.54. The van der Waals surface area contributed by atoms with Crippen LogP contribution in [0.1, 0.15) is 5.56 Å². The Balaban J connectivity index is 1.32. The van der Waals surface area contributed by atoms with Gasteiger partial charge in [-0.3, -0.25) is 4.79 Å². The van der Waals surface area contributed by atoms with Gasteiger partial charge in [0.2, 0.25) is 10.0 Å². The first-order chi connectivity index (χ1) is 16.0. The van der Waals surface area contributed by atoms with Gasteiger partial charge in [0, 0.05) is 37.2 Å². The normalized spacial score (nSPS) is 15.0. The Labute approximate surface area is 194 Å². The maximum Gasteiger partial charge on any atom is 0.260 e. The number of sulfonamides is 1. The van der Waals surface area contributed by atoms with Gasteiger partial charge in [-0.2, -0.15) is 4.31 Å². The molecule has 0 atom stereocenters. The Morgan fingerprint density at radius 3 is 2.12 bits per heavy atom. The molecular weight excluding hydrogens is 436 g/mol. The van der Waals surface area contributed by atoms with E-state index >= 15 is 0 Å². The van der Waals surface area contributed by atoms with E-state index in [1.807, 2.05) is 84.9 Å². The highest BCUT2D eigenvalue weighted by Crippen LogP contribution is 2.29. The summed E-state index contributed by atoms with van der Waals surface area (Å²) in [6, 6.07) is 26.8. The smallest absolute Gasteiger partial charge is 0.260 e. The van der Waals surface area contributed by atoms with Gasteiger partial charge in [0.25, 0.3) is 5.91 Å². The van der Waals surface area contributed by atoms with E-state index in [2.05, 4.69) is 0 Å². The van der Waals surface area contributed by atoms with Gasteiger partial charge in [-0.15, -0.1) is 0 Å². The number of benzene rings is 3. The summed E-state index contributed by atoms with van der Waals surface area (Å²) in [6.45, 7) is 1.09. The first kappa shape index (κ1) is 22.8. The Kier molecular flexibility index (Phi) is 7.22. The zero-order chi connectivity index (χ0) is 23.1. The molecule has 33 heavy (non-hydrogen) atoms. The van der Waals surface area contributed by atoms with Crippen molar-refractivity contribution in [3.05, 3.63) is 95.9 Å². The van der Waals surface area contributed by atoms with E-state index in [0.717, 1.165) is 16.7 Å². The van der Waals surface area contributed by atoms with Crippen molar-refractivity contribution in [3.8, 4) is 16.9 Å². The predicted molar refractivity (Wildman–Crippen MR) is 130 cm³/mol. The SMILES string of the molecule is O=C(COc1ccccc1-c1ccccc1)N1CCN(S(=O)(=O)C=Cc2ccccc2)CC1. The van der Waals surface area contributed by atoms with Crippen LogP contribution in [0.15, 0.2) is 90.3 Å². The molecule has 170 valence electrons. The van der Waals surface area contributed by atoms with Crippen molar-refractivity contribution in [3.63, 3.8) is 0 Å². The van der Waals surface area contributed by atoms with Crippen molar-refractivity contribution in [2.24, 2.45) is 0 Å². The molecule has 1 amide bonds. The molecule has 1 aliphatic heterocycles. The summed E-state index contributed by atoms with van der Waals surface area (Å²) >= 11 is 0. The largest absolute Gasteiger partial charge is 0.483 e. The number of carbonyl (C=O) groups excluding carboxylic acids is 1. The topological polar surface area (TPSA) is 66.9 Å². The molecule has 0 radical (unpaired) electrons. The summed E-state index contributed by atoms with van der Waals surface area (Å²) < 4.78 is 32.5. The first-order valence-corrected chi connectivity index (χ1v) is 12.3. The van der Waals surface area contributed by atoms with Crippen LogP contribution in [0.5, 0.6) is 5.75 Å². The summed E-state index contributed by atoms with van der Waals surface area (Å²) in [7, 11) is -3.54. The lowest BCUT2D eigenvalue weighted by Crippen LogP contribution is -2.51. The van der Waals surface area contributed by atoms with Gasteiger partial charge in [0.05, 0.1) is 0 Å². The lowest BCUT2D eigenvalue weighted by molar-refractivity contribution is -0.134. The maximum absolute atomic E-state index is 12.7. The molecule has 1 saturated heterocycles. The van der Waals surface area contributed by atoms with E-state index in [-0.39, 0.29) is 25.6 Å². The Morgan fingerprint density at radius 2 is 1.42 bits per heavy atom. The number of amides is 1. The van der Waals surface area contributed by atoms with Gasteiger partial charge in [0.1, 0.15) is 5.75 Å². The van der Waals surface area contributed by atoms with E-state index < -0.39 is 10.0 Å². The molecule has 3 aromatic carbocycles. The van der Waals surface area contributed by atoms with Crippen LogP contribution in [0.4, 0.5) is 0 Å². The van der Waals surface area contributed by atoms with Crippen molar-refractivity contribution in [1.29, 1.82) is 0 Å². The highest BCUT2D eigenvalue weighted by Gasteiger charge is 2.27. The van der Waals surface area contributed by atoms with Crippen LogP contribution in [0.25, 0.3) is 17.2 Å². The molecule has 0 spiro atoms. The van der Waals surface area contributed by atoms with Gasteiger partial charge < -0.3 is 9.64 Å². The van der Waals surface area contributed by atoms with Crippen LogP contribution in [-0.2, 0) is 14.8 Å².